The second-order valence-corrected chi connectivity index (χ2v) is 4.84. The summed E-state index contributed by atoms with van der Waals surface area (Å²) in [5.74, 6) is -19.9. The largest absolute Gasteiger partial charge is 0.503 e. The van der Waals surface area contributed by atoms with Crippen molar-refractivity contribution in [3.8, 4) is 16.9 Å². The number of phenols is 1. The van der Waals surface area contributed by atoms with E-state index in [9.17, 15) is 35.1 Å². The van der Waals surface area contributed by atoms with Gasteiger partial charge < -0.3 is 5.11 Å². The summed E-state index contributed by atoms with van der Waals surface area (Å²) < 4.78 is 110. The maximum atomic E-state index is 14.0. The lowest BCUT2D eigenvalue weighted by Gasteiger charge is -2.14. The van der Waals surface area contributed by atoms with Gasteiger partial charge >= 0.3 is 0 Å². The number of phenolic OH excluding ortho intramolecular Hbond substituents is 1. The summed E-state index contributed by atoms with van der Waals surface area (Å²) in [6.45, 7) is 1.45. The molecule has 0 spiro atoms. The third kappa shape index (κ3) is 2.47. The van der Waals surface area contributed by atoms with Crippen molar-refractivity contribution in [3.63, 3.8) is 0 Å². The Hall–Kier alpha value is -2.32. The highest BCUT2D eigenvalue weighted by molar-refractivity contribution is 5.68. The summed E-state index contributed by atoms with van der Waals surface area (Å²) in [7, 11) is 0. The Morgan fingerprint density at radius 3 is 1.25 bits per heavy atom. The Kier molecular flexibility index (Phi) is 4.73. The Morgan fingerprint density at radius 1 is 0.583 bits per heavy atom. The quantitative estimate of drug-likeness (QED) is 0.598. The molecule has 24 heavy (non-hydrogen) atoms. The van der Waals surface area contributed by atoms with Gasteiger partial charge in [0.1, 0.15) is 0 Å². The first kappa shape index (κ1) is 18.0. The Morgan fingerprint density at radius 2 is 0.917 bits per heavy atom. The third-order valence-electron chi connectivity index (χ3n) is 3.34. The summed E-state index contributed by atoms with van der Waals surface area (Å²) in [4.78, 5) is 0. The SMILES string of the molecule is CCCc1c(F)c(F)c(-c2c(F)c(F)c(O)c(F)c2F)c(F)c1F. The van der Waals surface area contributed by atoms with Crippen LogP contribution in [0.15, 0.2) is 0 Å². The lowest BCUT2D eigenvalue weighted by atomic mass is 9.97. The van der Waals surface area contributed by atoms with Crippen molar-refractivity contribution in [1.82, 2.24) is 0 Å². The van der Waals surface area contributed by atoms with Crippen molar-refractivity contribution >= 4 is 0 Å². The molecule has 2 aromatic carbocycles. The van der Waals surface area contributed by atoms with E-state index in [1.807, 2.05) is 0 Å². The fraction of sp³-hybridized carbons (Fsp3) is 0.200. The van der Waals surface area contributed by atoms with Gasteiger partial charge in [0.15, 0.2) is 40.7 Å². The molecule has 0 saturated carbocycles. The highest BCUT2D eigenvalue weighted by atomic mass is 19.2. The lowest BCUT2D eigenvalue weighted by molar-refractivity contribution is 0.357. The molecule has 1 nitrogen and oxygen atoms in total. The first-order valence-corrected chi connectivity index (χ1v) is 6.55. The van der Waals surface area contributed by atoms with E-state index in [4.69, 9.17) is 5.11 Å². The molecule has 9 heteroatoms. The van der Waals surface area contributed by atoms with Crippen molar-refractivity contribution in [2.75, 3.05) is 0 Å². The average molecular weight is 356 g/mol. The van der Waals surface area contributed by atoms with Crippen LogP contribution in [0.2, 0.25) is 0 Å². The first-order valence-electron chi connectivity index (χ1n) is 6.55. The molecule has 2 rings (SSSR count). The molecule has 0 aliphatic rings. The fourth-order valence-corrected chi connectivity index (χ4v) is 2.21. The fourth-order valence-electron chi connectivity index (χ4n) is 2.21. The minimum atomic E-state index is -2.40. The molecule has 0 unspecified atom stereocenters. The molecule has 1 N–H and O–H groups in total. The highest BCUT2D eigenvalue weighted by Crippen LogP contribution is 2.39. The molecule has 0 radical (unpaired) electrons. The van der Waals surface area contributed by atoms with E-state index in [0.717, 1.165) is 0 Å². The topological polar surface area (TPSA) is 20.2 Å². The molecule has 0 aromatic heterocycles. The van der Waals surface area contributed by atoms with E-state index in [1.54, 1.807) is 0 Å². The molecule has 0 atom stereocenters. The van der Waals surface area contributed by atoms with Gasteiger partial charge in [0.2, 0.25) is 11.6 Å². The molecule has 2 aromatic rings. The van der Waals surface area contributed by atoms with Gasteiger partial charge in [-0.05, 0) is 6.42 Å². The Labute approximate surface area is 130 Å². The predicted octanol–water partition coefficient (Wildman–Crippen LogP) is 5.12. The zero-order chi connectivity index (χ0) is 18.3. The molecule has 0 bridgehead atoms. The van der Waals surface area contributed by atoms with Gasteiger partial charge in [-0.15, -0.1) is 0 Å². The molecular weight excluding hydrogens is 348 g/mol. The van der Waals surface area contributed by atoms with Crippen molar-refractivity contribution < 1.29 is 40.2 Å². The molecule has 0 aliphatic heterocycles. The van der Waals surface area contributed by atoms with Crippen LogP contribution in [0.3, 0.4) is 0 Å². The number of rotatable bonds is 3. The molecule has 0 aliphatic carbocycles. The smallest absolute Gasteiger partial charge is 0.204 e. The normalized spacial score (nSPS) is 11.2. The van der Waals surface area contributed by atoms with Gasteiger partial charge in [-0.3, -0.25) is 0 Å². The molecule has 0 saturated heterocycles. The van der Waals surface area contributed by atoms with Crippen LogP contribution in [0, 0.1) is 46.5 Å². The number of benzene rings is 2. The standard InChI is InChI=1S/C15H8F8O/c1-2-3-4-7(16)9(18)5(10(19)8(4)17)6-11(20)13(22)15(24)14(23)12(6)21/h24H,2-3H2,1H3. The number of hydrogen-bond donors (Lipinski definition) is 1. The molecule has 0 fully saturated rings. The maximum Gasteiger partial charge on any atom is 0.204 e. The van der Waals surface area contributed by atoms with Crippen LogP contribution >= 0.6 is 0 Å². The average Bonchev–Trinajstić information content (AvgIpc) is 2.56. The summed E-state index contributed by atoms with van der Waals surface area (Å²) in [5.41, 5.74) is -4.95. The zero-order valence-corrected chi connectivity index (χ0v) is 11.9. The maximum absolute atomic E-state index is 14.0. The lowest BCUT2D eigenvalue weighted by Crippen LogP contribution is -2.09. The molecule has 0 heterocycles. The second-order valence-electron chi connectivity index (χ2n) is 4.84. The van der Waals surface area contributed by atoms with E-state index in [-0.39, 0.29) is 6.42 Å². The van der Waals surface area contributed by atoms with Gasteiger partial charge in [0, 0.05) is 5.56 Å². The molecule has 0 amide bonds. The van der Waals surface area contributed by atoms with Crippen LogP contribution in [-0.2, 0) is 6.42 Å². The van der Waals surface area contributed by atoms with Gasteiger partial charge in [-0.1, -0.05) is 13.3 Å². The van der Waals surface area contributed by atoms with Gasteiger partial charge in [0.05, 0.1) is 11.1 Å². The minimum Gasteiger partial charge on any atom is -0.503 e. The monoisotopic (exact) mass is 356 g/mol. The summed E-state index contributed by atoms with van der Waals surface area (Å²) in [6, 6.07) is 0. The van der Waals surface area contributed by atoms with E-state index in [0.29, 0.717) is 0 Å². The van der Waals surface area contributed by atoms with Crippen molar-refractivity contribution in [2.24, 2.45) is 0 Å². The second kappa shape index (κ2) is 6.29. The van der Waals surface area contributed by atoms with Crippen LogP contribution in [0.25, 0.3) is 11.1 Å². The van der Waals surface area contributed by atoms with Crippen LogP contribution in [0.5, 0.6) is 5.75 Å². The van der Waals surface area contributed by atoms with Gasteiger partial charge in [-0.25, -0.2) is 26.3 Å². The van der Waals surface area contributed by atoms with Crippen LogP contribution < -0.4 is 0 Å². The number of halogens is 8. The van der Waals surface area contributed by atoms with Gasteiger partial charge in [-0.2, -0.15) is 8.78 Å². The van der Waals surface area contributed by atoms with Crippen LogP contribution in [0.1, 0.15) is 18.9 Å². The van der Waals surface area contributed by atoms with E-state index in [2.05, 4.69) is 0 Å². The number of aromatic hydroxyl groups is 1. The van der Waals surface area contributed by atoms with Crippen LogP contribution in [0.4, 0.5) is 35.1 Å². The summed E-state index contributed by atoms with van der Waals surface area (Å²) >= 11 is 0. The van der Waals surface area contributed by atoms with Gasteiger partial charge in [0.25, 0.3) is 0 Å². The van der Waals surface area contributed by atoms with E-state index >= 15 is 0 Å². The van der Waals surface area contributed by atoms with Crippen molar-refractivity contribution in [3.05, 3.63) is 52.1 Å². The minimum absolute atomic E-state index is 0.0945. The molecular formula is C15H8F8O. The highest BCUT2D eigenvalue weighted by Gasteiger charge is 2.33. The van der Waals surface area contributed by atoms with E-state index in [1.165, 1.54) is 6.92 Å². The summed E-state index contributed by atoms with van der Waals surface area (Å²) in [6.07, 6.45) is -0.327. The molecule has 130 valence electrons. The first-order chi connectivity index (χ1) is 11.1. The number of hydrogen-bond acceptors (Lipinski definition) is 1. The predicted molar refractivity (Wildman–Crippen MR) is 67.2 cm³/mol. The Balaban J connectivity index is 2.95. The zero-order valence-electron chi connectivity index (χ0n) is 11.9. The van der Waals surface area contributed by atoms with E-state index < -0.39 is 75.4 Å². The summed E-state index contributed by atoms with van der Waals surface area (Å²) in [5, 5.41) is 8.84. The van der Waals surface area contributed by atoms with Crippen LogP contribution in [-0.4, -0.2) is 5.11 Å². The van der Waals surface area contributed by atoms with Crippen molar-refractivity contribution in [2.45, 2.75) is 19.8 Å². The Bertz CT molecular complexity index is 773. The third-order valence-corrected chi connectivity index (χ3v) is 3.34. The van der Waals surface area contributed by atoms with Crippen molar-refractivity contribution in [1.29, 1.82) is 0 Å².